The molecule has 2 rings (SSSR count). The second kappa shape index (κ2) is 6.02. The van der Waals surface area contributed by atoms with Crippen LogP contribution in [-0.4, -0.2) is 17.0 Å². The molecule has 0 aliphatic rings. The highest BCUT2D eigenvalue weighted by Crippen LogP contribution is 2.20. The molecule has 0 fully saturated rings. The third kappa shape index (κ3) is 3.24. The lowest BCUT2D eigenvalue weighted by Gasteiger charge is -2.09. The maximum Gasteiger partial charge on any atom is 0.256 e. The summed E-state index contributed by atoms with van der Waals surface area (Å²) in [6, 6.07) is 8.68. The van der Waals surface area contributed by atoms with Gasteiger partial charge in [-0.15, -0.1) is 11.3 Å². The molecule has 5 nitrogen and oxygen atoms in total. The van der Waals surface area contributed by atoms with Crippen LogP contribution in [0.1, 0.15) is 15.9 Å². The van der Waals surface area contributed by atoms with E-state index in [4.69, 9.17) is 10.9 Å². The van der Waals surface area contributed by atoms with Gasteiger partial charge in [0.25, 0.3) is 5.91 Å². The van der Waals surface area contributed by atoms with Gasteiger partial charge in [-0.2, -0.15) is 0 Å². The van der Waals surface area contributed by atoms with Gasteiger partial charge in [0.15, 0.2) is 5.84 Å². The van der Waals surface area contributed by atoms with Crippen molar-refractivity contribution in [3.63, 3.8) is 0 Å². The average molecular weight is 387 g/mol. The summed E-state index contributed by atoms with van der Waals surface area (Å²) in [7, 11) is 0. The van der Waals surface area contributed by atoms with E-state index in [1.165, 1.54) is 11.3 Å². The summed E-state index contributed by atoms with van der Waals surface area (Å²) >= 11 is 3.65. The number of thiophene rings is 1. The highest BCUT2D eigenvalue weighted by molar-refractivity contribution is 14.1. The maximum absolute atomic E-state index is 12.0. The molecule has 19 heavy (non-hydrogen) atoms. The van der Waals surface area contributed by atoms with Crippen LogP contribution >= 0.6 is 33.9 Å². The molecule has 0 atom stereocenters. The maximum atomic E-state index is 12.0. The standard InChI is InChI=1S/C12H10IN3O2S/c13-10-5-7(6-19-10)12(17)15-9-4-2-1-3-8(9)11(14)16-18/h1-6,18H,(H2,14,16)(H,15,17). The van der Waals surface area contributed by atoms with Gasteiger partial charge in [-0.25, -0.2) is 0 Å². The Kier molecular flexibility index (Phi) is 4.38. The second-order valence-corrected chi connectivity index (χ2v) is 6.43. The van der Waals surface area contributed by atoms with E-state index in [0.717, 1.165) is 2.88 Å². The van der Waals surface area contributed by atoms with Gasteiger partial charge in [0.1, 0.15) is 0 Å². The van der Waals surface area contributed by atoms with Crippen LogP contribution in [0.2, 0.25) is 0 Å². The molecule has 2 aromatic rings. The third-order valence-electron chi connectivity index (χ3n) is 2.39. The average Bonchev–Trinajstić information content (AvgIpc) is 2.85. The minimum atomic E-state index is -0.225. The van der Waals surface area contributed by atoms with E-state index in [0.29, 0.717) is 16.8 Å². The Morgan fingerprint density at radius 3 is 2.79 bits per heavy atom. The van der Waals surface area contributed by atoms with E-state index in [9.17, 15) is 4.79 Å². The molecule has 7 heteroatoms. The molecule has 98 valence electrons. The van der Waals surface area contributed by atoms with Crippen LogP contribution in [0, 0.1) is 2.88 Å². The number of rotatable bonds is 3. The predicted octanol–water partition coefficient (Wildman–Crippen LogP) is 2.70. The van der Waals surface area contributed by atoms with Crippen molar-refractivity contribution in [3.8, 4) is 0 Å². The number of carbonyl (C=O) groups excluding carboxylic acids is 1. The van der Waals surface area contributed by atoms with Crippen molar-refractivity contribution >= 4 is 51.4 Å². The first kappa shape index (κ1) is 13.8. The zero-order valence-corrected chi connectivity index (χ0v) is 12.6. The van der Waals surface area contributed by atoms with Crippen molar-refractivity contribution in [2.45, 2.75) is 0 Å². The minimum Gasteiger partial charge on any atom is -0.409 e. The van der Waals surface area contributed by atoms with Crippen molar-refractivity contribution in [1.82, 2.24) is 0 Å². The Bertz CT molecular complexity index is 639. The van der Waals surface area contributed by atoms with Crippen molar-refractivity contribution in [1.29, 1.82) is 0 Å². The lowest BCUT2D eigenvalue weighted by Crippen LogP contribution is -2.18. The summed E-state index contributed by atoms with van der Waals surface area (Å²) in [5.41, 5.74) is 7.13. The topological polar surface area (TPSA) is 87.7 Å². The van der Waals surface area contributed by atoms with Gasteiger partial charge in [-0.05, 0) is 40.8 Å². The lowest BCUT2D eigenvalue weighted by molar-refractivity contribution is 0.102. The number of nitrogens with zero attached hydrogens (tertiary/aromatic N) is 1. The SMILES string of the molecule is NC(=NO)c1ccccc1NC(=O)c1csc(I)c1. The fourth-order valence-corrected chi connectivity index (χ4v) is 2.82. The van der Waals surface area contributed by atoms with Crippen molar-refractivity contribution in [3.05, 3.63) is 49.7 Å². The Balaban J connectivity index is 2.27. The molecule has 1 amide bonds. The number of halogens is 1. The summed E-state index contributed by atoms with van der Waals surface area (Å²) in [6.07, 6.45) is 0. The number of carbonyl (C=O) groups is 1. The molecule has 1 aromatic carbocycles. The first-order chi connectivity index (χ1) is 9.11. The van der Waals surface area contributed by atoms with E-state index in [1.807, 2.05) is 0 Å². The third-order valence-corrected chi connectivity index (χ3v) is 4.18. The molecule has 0 saturated heterocycles. The number of amides is 1. The molecule has 0 aliphatic heterocycles. The summed E-state index contributed by atoms with van der Waals surface area (Å²) < 4.78 is 1.03. The summed E-state index contributed by atoms with van der Waals surface area (Å²) in [6.45, 7) is 0. The fourth-order valence-electron chi connectivity index (χ4n) is 1.49. The largest absolute Gasteiger partial charge is 0.409 e. The molecular weight excluding hydrogens is 377 g/mol. The number of nitrogens with two attached hydrogens (primary N) is 1. The molecule has 4 N–H and O–H groups in total. The smallest absolute Gasteiger partial charge is 0.256 e. The highest BCUT2D eigenvalue weighted by Gasteiger charge is 2.12. The van der Waals surface area contributed by atoms with Crippen LogP contribution in [0.25, 0.3) is 0 Å². The quantitative estimate of drug-likeness (QED) is 0.249. The van der Waals surface area contributed by atoms with Gasteiger partial charge in [0.05, 0.1) is 14.1 Å². The zero-order chi connectivity index (χ0) is 13.8. The molecule has 0 bridgehead atoms. The molecule has 0 aliphatic carbocycles. The van der Waals surface area contributed by atoms with Crippen LogP contribution in [0.4, 0.5) is 5.69 Å². The van der Waals surface area contributed by atoms with E-state index in [1.54, 1.807) is 35.7 Å². The van der Waals surface area contributed by atoms with Gasteiger partial charge in [-0.1, -0.05) is 17.3 Å². The molecule has 0 unspecified atom stereocenters. The highest BCUT2D eigenvalue weighted by atomic mass is 127. The number of hydrogen-bond acceptors (Lipinski definition) is 4. The number of amidine groups is 1. The monoisotopic (exact) mass is 387 g/mol. The molecule has 0 radical (unpaired) electrons. The van der Waals surface area contributed by atoms with Crippen molar-refractivity contribution in [2.75, 3.05) is 5.32 Å². The number of hydrogen-bond donors (Lipinski definition) is 3. The van der Waals surface area contributed by atoms with Crippen molar-refractivity contribution < 1.29 is 10.0 Å². The normalized spacial score (nSPS) is 11.3. The van der Waals surface area contributed by atoms with Gasteiger partial charge < -0.3 is 16.3 Å². The van der Waals surface area contributed by atoms with E-state index in [2.05, 4.69) is 33.1 Å². The van der Waals surface area contributed by atoms with Crippen LogP contribution in [-0.2, 0) is 0 Å². The number of oxime groups is 1. The molecule has 0 spiro atoms. The minimum absolute atomic E-state index is 0.0456. The van der Waals surface area contributed by atoms with Crippen LogP contribution < -0.4 is 11.1 Å². The second-order valence-electron chi connectivity index (χ2n) is 3.62. The molecular formula is C12H10IN3O2S. The van der Waals surface area contributed by atoms with Crippen molar-refractivity contribution in [2.24, 2.45) is 10.9 Å². The lowest BCUT2D eigenvalue weighted by atomic mass is 10.1. The van der Waals surface area contributed by atoms with Gasteiger partial charge >= 0.3 is 0 Å². The number of benzene rings is 1. The molecule has 0 saturated carbocycles. The Morgan fingerprint density at radius 2 is 2.16 bits per heavy atom. The fraction of sp³-hybridized carbons (Fsp3) is 0. The van der Waals surface area contributed by atoms with Gasteiger partial charge in [-0.3, -0.25) is 4.79 Å². The van der Waals surface area contributed by atoms with Crippen LogP contribution in [0.15, 0.2) is 40.9 Å². The summed E-state index contributed by atoms with van der Waals surface area (Å²) in [4.78, 5) is 12.0. The number of anilines is 1. The van der Waals surface area contributed by atoms with E-state index in [-0.39, 0.29) is 11.7 Å². The Hall–Kier alpha value is -1.61. The zero-order valence-electron chi connectivity index (χ0n) is 9.63. The number of nitrogens with one attached hydrogen (secondary N) is 1. The molecule has 1 heterocycles. The van der Waals surface area contributed by atoms with E-state index < -0.39 is 0 Å². The predicted molar refractivity (Wildman–Crippen MR) is 83.9 cm³/mol. The summed E-state index contributed by atoms with van der Waals surface area (Å²) in [5, 5.41) is 16.2. The Morgan fingerprint density at radius 1 is 1.42 bits per heavy atom. The first-order valence-corrected chi connectivity index (χ1v) is 7.20. The van der Waals surface area contributed by atoms with Crippen LogP contribution in [0.5, 0.6) is 0 Å². The number of para-hydroxylation sites is 1. The van der Waals surface area contributed by atoms with Crippen LogP contribution in [0.3, 0.4) is 0 Å². The van der Waals surface area contributed by atoms with Gasteiger partial charge in [0.2, 0.25) is 0 Å². The summed E-state index contributed by atoms with van der Waals surface area (Å²) in [5.74, 6) is -0.270. The Labute approximate surface area is 127 Å². The molecule has 1 aromatic heterocycles. The van der Waals surface area contributed by atoms with E-state index >= 15 is 0 Å². The first-order valence-electron chi connectivity index (χ1n) is 5.24. The van der Waals surface area contributed by atoms with Gasteiger partial charge in [0, 0.05) is 10.9 Å².